The second-order valence-corrected chi connectivity index (χ2v) is 9.09. The van der Waals surface area contributed by atoms with E-state index in [0.29, 0.717) is 11.5 Å². The van der Waals surface area contributed by atoms with Gasteiger partial charge in [0.05, 0.1) is 17.4 Å². The number of fused-ring (bicyclic) bond motifs is 5. The first-order valence-electron chi connectivity index (χ1n) is 9.25. The Hall–Kier alpha value is -1.95. The van der Waals surface area contributed by atoms with E-state index in [1.807, 2.05) is 6.07 Å². The van der Waals surface area contributed by atoms with Crippen molar-refractivity contribution in [3.63, 3.8) is 0 Å². The number of nitrogens with zero attached hydrogens (tertiary/aromatic N) is 1. The topological polar surface area (TPSA) is 66.5 Å². The Kier molecular flexibility index (Phi) is 4.06. The number of allylic oxidation sites excluding steroid dienone is 2. The van der Waals surface area contributed by atoms with E-state index in [4.69, 9.17) is 0 Å². The highest BCUT2D eigenvalue weighted by atomic mass is 32.1. The van der Waals surface area contributed by atoms with Crippen molar-refractivity contribution in [2.75, 3.05) is 0 Å². The normalized spacial score (nSPS) is 29.7. The highest BCUT2D eigenvalue weighted by Gasteiger charge is 2.63. The lowest BCUT2D eigenvalue weighted by Gasteiger charge is -2.19. The van der Waals surface area contributed by atoms with Crippen LogP contribution in [0.25, 0.3) is 0 Å². The standard InChI is InChI=1S/C20H24N2O3S/c1-9(2)14-7-11(8-26-14)18(23)21-22-19(24)16-12-5-6-13(15(12)10(3)4)17(16)20(22)25/h7-9,12-13,16-17H,5-6H2,1-4H3,(H,21,23)/t12-,13-,16-,17+/m0/s1. The van der Waals surface area contributed by atoms with Crippen LogP contribution >= 0.6 is 11.3 Å². The van der Waals surface area contributed by atoms with Crippen molar-refractivity contribution >= 4 is 29.1 Å². The Balaban J connectivity index is 1.55. The number of thiophene rings is 1. The molecule has 3 amide bonds. The molecule has 1 aliphatic heterocycles. The molecule has 26 heavy (non-hydrogen) atoms. The molecule has 3 fully saturated rings. The van der Waals surface area contributed by atoms with Crippen LogP contribution in [0.2, 0.25) is 0 Å². The number of nitrogens with one attached hydrogen (secondary N) is 1. The van der Waals surface area contributed by atoms with Gasteiger partial charge in [-0.15, -0.1) is 11.3 Å². The molecular formula is C20H24N2O3S. The largest absolute Gasteiger partial charge is 0.272 e. The second kappa shape index (κ2) is 6.05. The molecule has 0 aromatic carbocycles. The fourth-order valence-corrected chi connectivity index (χ4v) is 5.95. The van der Waals surface area contributed by atoms with Gasteiger partial charge in [-0.2, -0.15) is 5.01 Å². The molecule has 1 aromatic heterocycles. The monoisotopic (exact) mass is 372 g/mol. The van der Waals surface area contributed by atoms with Crippen LogP contribution in [-0.2, 0) is 9.59 Å². The zero-order valence-corrected chi connectivity index (χ0v) is 16.4. The van der Waals surface area contributed by atoms with Gasteiger partial charge in [0, 0.05) is 10.3 Å². The van der Waals surface area contributed by atoms with Crippen molar-refractivity contribution in [2.45, 2.75) is 46.5 Å². The molecular weight excluding hydrogens is 348 g/mol. The van der Waals surface area contributed by atoms with Gasteiger partial charge in [-0.05, 0) is 50.5 Å². The maximum atomic E-state index is 12.9. The van der Waals surface area contributed by atoms with Gasteiger partial charge in [0.1, 0.15) is 0 Å². The van der Waals surface area contributed by atoms with E-state index >= 15 is 0 Å². The molecule has 0 spiro atoms. The van der Waals surface area contributed by atoms with Crippen molar-refractivity contribution in [1.29, 1.82) is 0 Å². The Morgan fingerprint density at radius 2 is 1.73 bits per heavy atom. The highest BCUT2D eigenvalue weighted by Crippen LogP contribution is 2.59. The third-order valence-electron chi connectivity index (χ3n) is 6.09. The van der Waals surface area contributed by atoms with Crippen LogP contribution in [-0.4, -0.2) is 22.7 Å². The Labute approximate surface area is 157 Å². The van der Waals surface area contributed by atoms with Crippen LogP contribution in [0.5, 0.6) is 0 Å². The van der Waals surface area contributed by atoms with Gasteiger partial charge in [-0.25, -0.2) is 0 Å². The third-order valence-corrected chi connectivity index (χ3v) is 7.33. The van der Waals surface area contributed by atoms with E-state index in [-0.39, 0.29) is 41.4 Å². The minimum atomic E-state index is -0.385. The van der Waals surface area contributed by atoms with Gasteiger partial charge < -0.3 is 0 Å². The van der Waals surface area contributed by atoms with Crippen LogP contribution in [0, 0.1) is 23.7 Å². The van der Waals surface area contributed by atoms with Crippen LogP contribution in [0.3, 0.4) is 0 Å². The van der Waals surface area contributed by atoms with Gasteiger partial charge in [0.15, 0.2) is 0 Å². The van der Waals surface area contributed by atoms with Crippen LogP contribution in [0.4, 0.5) is 0 Å². The summed E-state index contributed by atoms with van der Waals surface area (Å²) in [7, 11) is 0. The maximum Gasteiger partial charge on any atom is 0.271 e. The van der Waals surface area contributed by atoms with Crippen molar-refractivity contribution in [1.82, 2.24) is 10.4 Å². The number of hydrazine groups is 1. The number of amides is 3. The van der Waals surface area contributed by atoms with Crippen molar-refractivity contribution in [3.05, 3.63) is 33.0 Å². The first kappa shape index (κ1) is 17.5. The number of rotatable bonds is 3. The smallest absolute Gasteiger partial charge is 0.271 e. The predicted molar refractivity (Wildman–Crippen MR) is 99.3 cm³/mol. The van der Waals surface area contributed by atoms with E-state index in [1.165, 1.54) is 22.5 Å². The Morgan fingerprint density at radius 1 is 1.15 bits per heavy atom. The van der Waals surface area contributed by atoms with Crippen LogP contribution in [0.15, 0.2) is 22.6 Å². The van der Waals surface area contributed by atoms with Gasteiger partial charge in [0.25, 0.3) is 17.7 Å². The lowest BCUT2D eigenvalue weighted by Crippen LogP contribution is -2.47. The number of hydrogen-bond donors (Lipinski definition) is 1. The average Bonchev–Trinajstić information content (AvgIpc) is 3.32. The predicted octanol–water partition coefficient (Wildman–Crippen LogP) is 3.49. The summed E-state index contributed by atoms with van der Waals surface area (Å²) in [5.41, 5.74) is 5.63. The van der Waals surface area contributed by atoms with E-state index < -0.39 is 0 Å². The van der Waals surface area contributed by atoms with E-state index in [9.17, 15) is 14.4 Å². The minimum Gasteiger partial charge on any atom is -0.272 e. The summed E-state index contributed by atoms with van der Waals surface area (Å²) in [5.74, 6) is -0.764. The molecule has 4 rings (SSSR count). The summed E-state index contributed by atoms with van der Waals surface area (Å²) in [4.78, 5) is 39.5. The van der Waals surface area contributed by atoms with Gasteiger partial charge in [0.2, 0.25) is 0 Å². The molecule has 3 aliphatic rings. The number of carbonyl (C=O) groups excluding carboxylic acids is 3. The molecule has 2 bridgehead atoms. The van der Waals surface area contributed by atoms with Crippen molar-refractivity contribution in [3.8, 4) is 0 Å². The summed E-state index contributed by atoms with van der Waals surface area (Å²) in [6.45, 7) is 8.27. The summed E-state index contributed by atoms with van der Waals surface area (Å²) in [6, 6.07) is 1.83. The molecule has 1 saturated heterocycles. The fourth-order valence-electron chi connectivity index (χ4n) is 5.04. The van der Waals surface area contributed by atoms with Crippen molar-refractivity contribution < 1.29 is 14.4 Å². The maximum absolute atomic E-state index is 12.9. The number of hydrogen-bond acceptors (Lipinski definition) is 4. The Bertz CT molecular complexity index is 802. The zero-order chi connectivity index (χ0) is 18.7. The van der Waals surface area contributed by atoms with E-state index in [2.05, 4.69) is 33.1 Å². The van der Waals surface area contributed by atoms with E-state index in [0.717, 1.165) is 22.7 Å². The molecule has 0 radical (unpaired) electrons. The van der Waals surface area contributed by atoms with Gasteiger partial charge >= 0.3 is 0 Å². The second-order valence-electron chi connectivity index (χ2n) is 8.14. The molecule has 2 heterocycles. The Morgan fingerprint density at radius 3 is 2.19 bits per heavy atom. The molecule has 1 aromatic rings. The lowest BCUT2D eigenvalue weighted by atomic mass is 9.81. The molecule has 2 saturated carbocycles. The summed E-state index contributed by atoms with van der Waals surface area (Å²) < 4.78 is 0. The lowest BCUT2D eigenvalue weighted by molar-refractivity contribution is -0.143. The molecule has 4 atom stereocenters. The first-order chi connectivity index (χ1) is 12.3. The quantitative estimate of drug-likeness (QED) is 0.652. The minimum absolute atomic E-state index is 0.169. The molecule has 0 unspecified atom stereocenters. The molecule has 6 heteroatoms. The van der Waals surface area contributed by atoms with Crippen molar-refractivity contribution in [2.24, 2.45) is 23.7 Å². The van der Waals surface area contributed by atoms with Crippen LogP contribution < -0.4 is 5.43 Å². The van der Waals surface area contributed by atoms with Crippen LogP contribution in [0.1, 0.15) is 61.7 Å². The highest BCUT2D eigenvalue weighted by molar-refractivity contribution is 7.10. The summed E-state index contributed by atoms with van der Waals surface area (Å²) in [6.07, 6.45) is 1.94. The fraction of sp³-hybridized carbons (Fsp3) is 0.550. The number of carbonyl (C=O) groups is 3. The summed E-state index contributed by atoms with van der Waals surface area (Å²) in [5, 5.41) is 2.78. The third kappa shape index (κ3) is 2.38. The summed E-state index contributed by atoms with van der Waals surface area (Å²) >= 11 is 1.52. The molecule has 5 nitrogen and oxygen atoms in total. The molecule has 2 aliphatic carbocycles. The molecule has 1 N–H and O–H groups in total. The molecule has 138 valence electrons. The first-order valence-corrected chi connectivity index (χ1v) is 10.1. The number of imide groups is 1. The van der Waals surface area contributed by atoms with E-state index in [1.54, 1.807) is 5.38 Å². The SMILES string of the molecule is CC(C)=C1[C@@H]2CC[C@@H]1[C@H]1C(=O)N(NC(=O)c3csc(C(C)C)c3)C(=O)[C@H]12. The van der Waals surface area contributed by atoms with Gasteiger partial charge in [-0.1, -0.05) is 25.0 Å². The van der Waals surface area contributed by atoms with Gasteiger partial charge in [-0.3, -0.25) is 19.8 Å². The zero-order valence-electron chi connectivity index (χ0n) is 15.5. The average molecular weight is 372 g/mol.